The Hall–Kier alpha value is -0.640. The summed E-state index contributed by atoms with van der Waals surface area (Å²) in [6, 6.07) is 0. The lowest BCUT2D eigenvalue weighted by Gasteiger charge is -2.24. The third-order valence-electron chi connectivity index (χ3n) is 3.21. The van der Waals surface area contributed by atoms with Crippen molar-refractivity contribution in [1.29, 1.82) is 0 Å². The molecule has 0 aliphatic heterocycles. The minimum atomic E-state index is -1.05. The molecule has 1 unspecified atom stereocenters. The Labute approximate surface area is 111 Å². The van der Waals surface area contributed by atoms with Crippen molar-refractivity contribution in [3.05, 3.63) is 24.3 Å². The fraction of sp³-hybridized carbons (Fsp3) is 0.733. The SMILES string of the molecule is C=CC(C)(O)CC/C=C(/C)CC[C@H](O)C(C)(C)O. The molecule has 0 fully saturated rings. The maximum Gasteiger partial charge on any atom is 0.0849 e. The lowest BCUT2D eigenvalue weighted by atomic mass is 9.95. The van der Waals surface area contributed by atoms with E-state index >= 15 is 0 Å². The quantitative estimate of drug-likeness (QED) is 0.585. The molecule has 0 aliphatic carbocycles. The minimum absolute atomic E-state index is 0.545. The van der Waals surface area contributed by atoms with Gasteiger partial charge in [0.25, 0.3) is 0 Å². The van der Waals surface area contributed by atoms with Gasteiger partial charge in [-0.25, -0.2) is 0 Å². The van der Waals surface area contributed by atoms with Crippen LogP contribution in [0.2, 0.25) is 0 Å². The van der Waals surface area contributed by atoms with Gasteiger partial charge in [0.1, 0.15) is 0 Å². The van der Waals surface area contributed by atoms with Gasteiger partial charge in [0.05, 0.1) is 17.3 Å². The van der Waals surface area contributed by atoms with E-state index in [-0.39, 0.29) is 0 Å². The van der Waals surface area contributed by atoms with Crippen LogP contribution in [0.5, 0.6) is 0 Å². The first-order valence-corrected chi connectivity index (χ1v) is 6.50. The predicted molar refractivity (Wildman–Crippen MR) is 75.4 cm³/mol. The van der Waals surface area contributed by atoms with Gasteiger partial charge in [-0.1, -0.05) is 17.7 Å². The molecule has 2 atom stereocenters. The van der Waals surface area contributed by atoms with Crippen molar-refractivity contribution in [3.63, 3.8) is 0 Å². The van der Waals surface area contributed by atoms with Crippen molar-refractivity contribution in [2.24, 2.45) is 0 Å². The molecular weight excluding hydrogens is 228 g/mol. The van der Waals surface area contributed by atoms with Gasteiger partial charge in [-0.2, -0.15) is 0 Å². The van der Waals surface area contributed by atoms with Gasteiger partial charge in [0.15, 0.2) is 0 Å². The monoisotopic (exact) mass is 256 g/mol. The zero-order chi connectivity index (χ0) is 14.4. The molecule has 0 aliphatic rings. The van der Waals surface area contributed by atoms with E-state index in [2.05, 4.69) is 12.7 Å². The third kappa shape index (κ3) is 7.64. The Balaban J connectivity index is 4.03. The van der Waals surface area contributed by atoms with E-state index in [9.17, 15) is 15.3 Å². The van der Waals surface area contributed by atoms with Crippen molar-refractivity contribution in [1.82, 2.24) is 0 Å². The molecular formula is C15H28O3. The van der Waals surface area contributed by atoms with E-state index in [1.165, 1.54) is 0 Å². The second kappa shape index (κ2) is 7.07. The summed E-state index contributed by atoms with van der Waals surface area (Å²) in [7, 11) is 0. The molecule has 18 heavy (non-hydrogen) atoms. The van der Waals surface area contributed by atoms with Crippen LogP contribution in [-0.4, -0.2) is 32.6 Å². The molecule has 0 heterocycles. The standard InChI is InChI=1S/C15H28O3/c1-6-15(5,18)11-7-8-12(2)9-10-13(16)14(3,4)17/h6,8,13,16-18H,1,7,9-11H2,2-5H3/b12-8-/t13-,15?/m0/s1. The van der Waals surface area contributed by atoms with Crippen LogP contribution in [0.4, 0.5) is 0 Å². The number of hydrogen-bond acceptors (Lipinski definition) is 3. The summed E-state index contributed by atoms with van der Waals surface area (Å²) in [5.74, 6) is 0. The highest BCUT2D eigenvalue weighted by atomic mass is 16.3. The molecule has 3 N–H and O–H groups in total. The molecule has 0 aromatic rings. The Morgan fingerprint density at radius 3 is 2.28 bits per heavy atom. The second-order valence-electron chi connectivity index (χ2n) is 5.86. The van der Waals surface area contributed by atoms with Gasteiger partial charge in [-0.15, -0.1) is 6.58 Å². The summed E-state index contributed by atoms with van der Waals surface area (Å²) in [6.45, 7) is 10.5. The molecule has 0 saturated carbocycles. The van der Waals surface area contributed by atoms with Crippen molar-refractivity contribution in [2.45, 2.75) is 70.7 Å². The maximum absolute atomic E-state index is 9.74. The van der Waals surface area contributed by atoms with Crippen LogP contribution in [0.15, 0.2) is 24.3 Å². The minimum Gasteiger partial charge on any atom is -0.390 e. The van der Waals surface area contributed by atoms with Gasteiger partial charge in [0.2, 0.25) is 0 Å². The van der Waals surface area contributed by atoms with Gasteiger partial charge in [-0.3, -0.25) is 0 Å². The zero-order valence-corrected chi connectivity index (χ0v) is 12.1. The smallest absolute Gasteiger partial charge is 0.0849 e. The van der Waals surface area contributed by atoms with Crippen LogP contribution in [0.1, 0.15) is 53.4 Å². The summed E-state index contributed by atoms with van der Waals surface area (Å²) in [5.41, 5.74) is -0.700. The fourth-order valence-electron chi connectivity index (χ4n) is 1.53. The summed E-state index contributed by atoms with van der Waals surface area (Å²) in [4.78, 5) is 0. The number of aliphatic hydroxyl groups excluding tert-OH is 1. The number of rotatable bonds is 8. The zero-order valence-electron chi connectivity index (χ0n) is 12.1. The highest BCUT2D eigenvalue weighted by Gasteiger charge is 2.23. The Morgan fingerprint density at radius 1 is 1.28 bits per heavy atom. The molecule has 0 amide bonds. The van der Waals surface area contributed by atoms with Crippen LogP contribution in [0.3, 0.4) is 0 Å². The van der Waals surface area contributed by atoms with Gasteiger partial charge < -0.3 is 15.3 Å². The first-order chi connectivity index (χ1) is 8.08. The lowest BCUT2D eigenvalue weighted by molar-refractivity contribution is -0.0509. The molecule has 0 aromatic heterocycles. The summed E-state index contributed by atoms with van der Waals surface area (Å²) >= 11 is 0. The largest absolute Gasteiger partial charge is 0.390 e. The lowest BCUT2D eigenvalue weighted by Crippen LogP contribution is -2.35. The molecule has 106 valence electrons. The molecule has 0 bridgehead atoms. The number of hydrogen-bond donors (Lipinski definition) is 3. The summed E-state index contributed by atoms with van der Waals surface area (Å²) < 4.78 is 0. The molecule has 0 saturated heterocycles. The van der Waals surface area contributed by atoms with Crippen molar-refractivity contribution >= 4 is 0 Å². The van der Waals surface area contributed by atoms with E-state index in [4.69, 9.17) is 0 Å². The van der Waals surface area contributed by atoms with Crippen LogP contribution in [-0.2, 0) is 0 Å². The summed E-state index contributed by atoms with van der Waals surface area (Å²) in [6.07, 6.45) is 5.62. The third-order valence-corrected chi connectivity index (χ3v) is 3.21. The van der Waals surface area contributed by atoms with E-state index in [0.717, 1.165) is 18.4 Å². The van der Waals surface area contributed by atoms with E-state index in [1.54, 1.807) is 26.8 Å². The molecule has 0 radical (unpaired) electrons. The maximum atomic E-state index is 9.74. The average Bonchev–Trinajstić information content (AvgIpc) is 2.24. The van der Waals surface area contributed by atoms with Crippen LogP contribution < -0.4 is 0 Å². The van der Waals surface area contributed by atoms with Crippen molar-refractivity contribution < 1.29 is 15.3 Å². The molecule has 0 spiro atoms. The van der Waals surface area contributed by atoms with Gasteiger partial charge in [0, 0.05) is 0 Å². The first kappa shape index (κ1) is 17.4. The van der Waals surface area contributed by atoms with Crippen LogP contribution >= 0.6 is 0 Å². The number of allylic oxidation sites excluding steroid dienone is 2. The Bertz CT molecular complexity index is 285. The van der Waals surface area contributed by atoms with E-state index in [0.29, 0.717) is 12.8 Å². The van der Waals surface area contributed by atoms with Crippen molar-refractivity contribution in [2.75, 3.05) is 0 Å². The molecule has 0 rings (SSSR count). The molecule has 3 nitrogen and oxygen atoms in total. The Morgan fingerprint density at radius 2 is 1.83 bits per heavy atom. The topological polar surface area (TPSA) is 60.7 Å². The Kier molecular flexibility index (Phi) is 6.82. The second-order valence-corrected chi connectivity index (χ2v) is 5.86. The highest BCUT2D eigenvalue weighted by Crippen LogP contribution is 2.18. The number of aliphatic hydroxyl groups is 3. The van der Waals surface area contributed by atoms with Crippen molar-refractivity contribution in [3.8, 4) is 0 Å². The van der Waals surface area contributed by atoms with E-state index < -0.39 is 17.3 Å². The predicted octanol–water partition coefficient (Wildman–Crippen LogP) is 2.56. The van der Waals surface area contributed by atoms with E-state index in [1.807, 2.05) is 6.92 Å². The fourth-order valence-corrected chi connectivity index (χ4v) is 1.53. The first-order valence-electron chi connectivity index (χ1n) is 6.50. The molecule has 3 heteroatoms. The average molecular weight is 256 g/mol. The van der Waals surface area contributed by atoms with Gasteiger partial charge in [-0.05, 0) is 53.4 Å². The highest BCUT2D eigenvalue weighted by molar-refractivity contribution is 5.01. The van der Waals surface area contributed by atoms with Crippen LogP contribution in [0, 0.1) is 0 Å². The van der Waals surface area contributed by atoms with Crippen LogP contribution in [0.25, 0.3) is 0 Å². The normalized spacial score (nSPS) is 18.3. The van der Waals surface area contributed by atoms with Gasteiger partial charge >= 0.3 is 0 Å². The molecule has 0 aromatic carbocycles. The summed E-state index contributed by atoms with van der Waals surface area (Å²) in [5, 5.41) is 29.0.